The van der Waals surface area contributed by atoms with Gasteiger partial charge in [0.25, 0.3) is 0 Å². The van der Waals surface area contributed by atoms with E-state index in [0.717, 1.165) is 16.7 Å². The van der Waals surface area contributed by atoms with Crippen molar-refractivity contribution in [2.45, 2.75) is 0 Å². The molecule has 0 radical (unpaired) electrons. The van der Waals surface area contributed by atoms with Crippen LogP contribution in [0.15, 0.2) is 54.6 Å². The first-order valence-corrected chi connectivity index (χ1v) is 6.65. The molecule has 4 N–H and O–H groups in total. The van der Waals surface area contributed by atoms with Gasteiger partial charge in [0.05, 0.1) is 0 Å². The molecular formula is C17H13N5. The molecule has 106 valence electrons. The quantitative estimate of drug-likeness (QED) is 0.669. The molecule has 1 heterocycles. The third-order valence-electron chi connectivity index (χ3n) is 2.94. The molecule has 5 nitrogen and oxygen atoms in total. The average Bonchev–Trinajstić information content (AvgIpc) is 2.53. The molecule has 1 aromatic heterocycles. The number of anilines is 2. The number of hydrogen-bond donors (Lipinski definition) is 2. The van der Waals surface area contributed by atoms with Crippen molar-refractivity contribution < 1.29 is 0 Å². The third kappa shape index (κ3) is 3.19. The Hall–Kier alpha value is -3.39. The molecule has 0 amide bonds. The number of nitrogen functional groups attached to an aromatic ring is 2. The van der Waals surface area contributed by atoms with E-state index < -0.39 is 0 Å². The van der Waals surface area contributed by atoms with Crippen LogP contribution in [0, 0.1) is 11.8 Å². The molecule has 0 aliphatic rings. The fraction of sp³-hybridized carbons (Fsp3) is 0. The van der Waals surface area contributed by atoms with Crippen LogP contribution in [-0.2, 0) is 0 Å². The summed E-state index contributed by atoms with van der Waals surface area (Å²) in [6, 6.07) is 17.4. The standard InChI is InChI=1S/C17H13N5/c18-16-20-15(21-17(19)22-16)14-10-8-13(9-11-14)7-6-12-4-2-1-3-5-12/h1-5,8-11H,(H4,18,19,20,21,22). The van der Waals surface area contributed by atoms with Crippen LogP contribution in [0.5, 0.6) is 0 Å². The van der Waals surface area contributed by atoms with Crippen molar-refractivity contribution in [2.24, 2.45) is 0 Å². The summed E-state index contributed by atoms with van der Waals surface area (Å²) in [7, 11) is 0. The van der Waals surface area contributed by atoms with Crippen molar-refractivity contribution in [3.63, 3.8) is 0 Å². The molecule has 0 saturated heterocycles. The number of hydrogen-bond acceptors (Lipinski definition) is 5. The molecule has 22 heavy (non-hydrogen) atoms. The van der Waals surface area contributed by atoms with Crippen LogP contribution < -0.4 is 11.5 Å². The molecule has 0 atom stereocenters. The van der Waals surface area contributed by atoms with Crippen LogP contribution in [0.25, 0.3) is 11.4 Å². The van der Waals surface area contributed by atoms with Gasteiger partial charge in [0.15, 0.2) is 5.82 Å². The number of aromatic nitrogens is 3. The second-order valence-electron chi connectivity index (χ2n) is 4.57. The predicted molar refractivity (Wildman–Crippen MR) is 86.5 cm³/mol. The topological polar surface area (TPSA) is 90.7 Å². The highest BCUT2D eigenvalue weighted by Gasteiger charge is 2.04. The van der Waals surface area contributed by atoms with E-state index in [1.807, 2.05) is 54.6 Å². The SMILES string of the molecule is Nc1nc(N)nc(-c2ccc(C#Cc3ccccc3)cc2)n1. The maximum atomic E-state index is 5.57. The summed E-state index contributed by atoms with van der Waals surface area (Å²) in [5.74, 6) is 6.88. The second-order valence-corrected chi connectivity index (χ2v) is 4.57. The van der Waals surface area contributed by atoms with Crippen LogP contribution in [-0.4, -0.2) is 15.0 Å². The first-order valence-electron chi connectivity index (χ1n) is 6.65. The molecule has 0 bridgehead atoms. The van der Waals surface area contributed by atoms with Crippen molar-refractivity contribution in [1.29, 1.82) is 0 Å². The van der Waals surface area contributed by atoms with E-state index in [1.165, 1.54) is 0 Å². The fourth-order valence-electron chi connectivity index (χ4n) is 1.91. The molecule has 0 fully saturated rings. The Morgan fingerprint density at radius 2 is 1.18 bits per heavy atom. The first kappa shape index (κ1) is 13.6. The Kier molecular flexibility index (Phi) is 3.67. The van der Waals surface area contributed by atoms with Crippen LogP contribution in [0.4, 0.5) is 11.9 Å². The van der Waals surface area contributed by atoms with Crippen molar-refractivity contribution in [2.75, 3.05) is 11.5 Å². The van der Waals surface area contributed by atoms with Gasteiger partial charge >= 0.3 is 0 Å². The minimum Gasteiger partial charge on any atom is -0.368 e. The number of rotatable bonds is 1. The van der Waals surface area contributed by atoms with Crippen LogP contribution in [0.1, 0.15) is 11.1 Å². The molecule has 0 aliphatic carbocycles. The smallest absolute Gasteiger partial charge is 0.225 e. The zero-order valence-corrected chi connectivity index (χ0v) is 11.7. The van der Waals surface area contributed by atoms with E-state index in [4.69, 9.17) is 11.5 Å². The van der Waals surface area contributed by atoms with Gasteiger partial charge in [0.2, 0.25) is 11.9 Å². The lowest BCUT2D eigenvalue weighted by Gasteiger charge is -2.02. The highest BCUT2D eigenvalue weighted by molar-refractivity contribution is 5.59. The van der Waals surface area contributed by atoms with E-state index in [9.17, 15) is 0 Å². The molecular weight excluding hydrogens is 274 g/mol. The van der Waals surface area contributed by atoms with Crippen molar-refractivity contribution in [3.05, 3.63) is 65.7 Å². The minimum absolute atomic E-state index is 0.107. The van der Waals surface area contributed by atoms with Crippen LogP contribution >= 0.6 is 0 Å². The minimum atomic E-state index is 0.107. The van der Waals surface area contributed by atoms with E-state index >= 15 is 0 Å². The van der Waals surface area contributed by atoms with Gasteiger partial charge in [0.1, 0.15) is 0 Å². The van der Waals surface area contributed by atoms with Gasteiger partial charge in [-0.3, -0.25) is 0 Å². The highest BCUT2D eigenvalue weighted by Crippen LogP contribution is 2.16. The van der Waals surface area contributed by atoms with Gasteiger partial charge in [0, 0.05) is 16.7 Å². The Balaban J connectivity index is 1.86. The summed E-state index contributed by atoms with van der Waals surface area (Å²) in [4.78, 5) is 11.9. The maximum Gasteiger partial charge on any atom is 0.225 e. The first-order chi connectivity index (χ1) is 10.7. The van der Waals surface area contributed by atoms with Crippen LogP contribution in [0.3, 0.4) is 0 Å². The summed E-state index contributed by atoms with van der Waals surface area (Å²) >= 11 is 0. The Morgan fingerprint density at radius 1 is 0.636 bits per heavy atom. The van der Waals surface area contributed by atoms with Gasteiger partial charge in [-0.1, -0.05) is 30.0 Å². The van der Waals surface area contributed by atoms with E-state index in [0.29, 0.717) is 5.82 Å². The Bertz CT molecular complexity index is 825. The van der Waals surface area contributed by atoms with Crippen molar-refractivity contribution in [3.8, 4) is 23.2 Å². The molecule has 0 unspecified atom stereocenters. The Labute approximate surface area is 128 Å². The summed E-state index contributed by atoms with van der Waals surface area (Å²) in [6.07, 6.45) is 0. The lowest BCUT2D eigenvalue weighted by atomic mass is 10.1. The van der Waals surface area contributed by atoms with E-state index in [2.05, 4.69) is 26.8 Å². The van der Waals surface area contributed by atoms with Crippen LogP contribution in [0.2, 0.25) is 0 Å². The van der Waals surface area contributed by atoms with E-state index in [-0.39, 0.29) is 11.9 Å². The lowest BCUT2D eigenvalue weighted by Crippen LogP contribution is -2.04. The summed E-state index contributed by atoms with van der Waals surface area (Å²) < 4.78 is 0. The normalized spacial score (nSPS) is 9.82. The monoisotopic (exact) mass is 287 g/mol. The molecule has 2 aromatic carbocycles. The molecule has 3 rings (SSSR count). The fourth-order valence-corrected chi connectivity index (χ4v) is 1.91. The van der Waals surface area contributed by atoms with Gasteiger partial charge in [-0.15, -0.1) is 0 Å². The number of nitrogens with two attached hydrogens (primary N) is 2. The highest BCUT2D eigenvalue weighted by atomic mass is 15.1. The molecule has 3 aromatic rings. The number of nitrogens with zero attached hydrogens (tertiary/aromatic N) is 3. The zero-order chi connectivity index (χ0) is 15.4. The average molecular weight is 287 g/mol. The summed E-state index contributed by atoms with van der Waals surface area (Å²) in [5.41, 5.74) is 13.8. The maximum absolute atomic E-state index is 5.57. The van der Waals surface area contributed by atoms with Gasteiger partial charge < -0.3 is 11.5 Å². The van der Waals surface area contributed by atoms with E-state index in [1.54, 1.807) is 0 Å². The largest absolute Gasteiger partial charge is 0.368 e. The number of benzene rings is 2. The molecule has 0 saturated carbocycles. The molecule has 5 heteroatoms. The van der Waals surface area contributed by atoms with Gasteiger partial charge in [-0.05, 0) is 36.4 Å². The van der Waals surface area contributed by atoms with Gasteiger partial charge in [-0.2, -0.15) is 15.0 Å². The second kappa shape index (κ2) is 5.94. The summed E-state index contributed by atoms with van der Waals surface area (Å²) in [5, 5.41) is 0. The van der Waals surface area contributed by atoms with Crippen molar-refractivity contribution >= 4 is 11.9 Å². The third-order valence-corrected chi connectivity index (χ3v) is 2.94. The van der Waals surface area contributed by atoms with Gasteiger partial charge in [-0.25, -0.2) is 0 Å². The predicted octanol–water partition coefficient (Wildman–Crippen LogP) is 2.10. The Morgan fingerprint density at radius 3 is 1.77 bits per heavy atom. The lowest BCUT2D eigenvalue weighted by molar-refractivity contribution is 1.09. The zero-order valence-electron chi connectivity index (χ0n) is 11.7. The molecule has 0 spiro atoms. The van der Waals surface area contributed by atoms with Crippen molar-refractivity contribution in [1.82, 2.24) is 15.0 Å². The molecule has 0 aliphatic heterocycles. The summed E-state index contributed by atoms with van der Waals surface area (Å²) in [6.45, 7) is 0.